The molecule has 32 heavy (non-hydrogen) atoms. The summed E-state index contributed by atoms with van der Waals surface area (Å²) < 4.78 is 11.6. The summed E-state index contributed by atoms with van der Waals surface area (Å²) in [5.74, 6) is -0.183. The maximum absolute atomic E-state index is 13.2. The number of ether oxygens (including phenoxy) is 2. The monoisotopic (exact) mass is 444 g/mol. The molecular formula is C26H40N2O4. The normalized spacial score (nSPS) is 19.1. The largest absolute Gasteiger partial charge is 0.464 e. The topological polar surface area (TPSA) is 59.1 Å². The molecule has 1 saturated heterocycles. The lowest BCUT2D eigenvalue weighted by atomic mass is 9.82. The minimum Gasteiger partial charge on any atom is -0.464 e. The second-order valence-electron chi connectivity index (χ2n) is 10.3. The number of esters is 1. The van der Waals surface area contributed by atoms with E-state index in [1.54, 1.807) is 6.92 Å². The zero-order valence-corrected chi connectivity index (χ0v) is 21.1. The molecule has 1 fully saturated rings. The van der Waals surface area contributed by atoms with E-state index in [-0.39, 0.29) is 11.9 Å². The molecule has 3 rings (SSSR count). The number of benzene rings is 1. The Labute approximate surface area is 193 Å². The van der Waals surface area contributed by atoms with Crippen molar-refractivity contribution in [3.05, 3.63) is 33.4 Å². The number of rotatable bonds is 5. The lowest BCUT2D eigenvalue weighted by Crippen LogP contribution is -2.48. The summed E-state index contributed by atoms with van der Waals surface area (Å²) in [5, 5.41) is 0. The van der Waals surface area contributed by atoms with Crippen LogP contribution in [0.1, 0.15) is 80.0 Å². The van der Waals surface area contributed by atoms with Gasteiger partial charge in [0.05, 0.1) is 18.6 Å². The van der Waals surface area contributed by atoms with Gasteiger partial charge in [-0.2, -0.15) is 0 Å². The Morgan fingerprint density at radius 3 is 2.25 bits per heavy atom. The Morgan fingerprint density at radius 1 is 1.06 bits per heavy atom. The highest BCUT2D eigenvalue weighted by Gasteiger charge is 2.37. The molecule has 6 heteroatoms. The predicted octanol–water partition coefficient (Wildman–Crippen LogP) is 4.01. The van der Waals surface area contributed by atoms with Gasteiger partial charge in [-0.1, -0.05) is 0 Å². The average Bonchev–Trinajstić information content (AvgIpc) is 2.71. The molecule has 1 aromatic rings. The van der Waals surface area contributed by atoms with Crippen LogP contribution in [0.4, 0.5) is 0 Å². The Morgan fingerprint density at radius 2 is 1.69 bits per heavy atom. The number of nitrogens with zero attached hydrogens (tertiary/aromatic N) is 2. The fourth-order valence-electron chi connectivity index (χ4n) is 5.12. The van der Waals surface area contributed by atoms with E-state index in [1.165, 1.54) is 5.56 Å². The molecule has 0 unspecified atom stereocenters. The number of likely N-dealkylation sites (tertiary alicyclic amines) is 1. The molecule has 6 nitrogen and oxygen atoms in total. The van der Waals surface area contributed by atoms with E-state index in [9.17, 15) is 9.59 Å². The first kappa shape index (κ1) is 24.7. The quantitative estimate of drug-likeness (QED) is 0.642. The highest BCUT2D eigenvalue weighted by molar-refractivity contribution is 5.84. The van der Waals surface area contributed by atoms with Gasteiger partial charge < -0.3 is 19.3 Å². The van der Waals surface area contributed by atoms with E-state index in [0.717, 1.165) is 53.7 Å². The highest BCUT2D eigenvalue weighted by Crippen LogP contribution is 2.38. The zero-order chi connectivity index (χ0) is 23.8. The van der Waals surface area contributed by atoms with E-state index in [0.29, 0.717) is 25.6 Å². The second kappa shape index (κ2) is 9.52. The van der Waals surface area contributed by atoms with Gasteiger partial charge in [0.2, 0.25) is 5.91 Å². The SMILES string of the molecule is CCOC(=O)[C@@H](OC(C)(C)C)c1c(C)c(C)c2c(c1C)CC(=O)N(C1CCN(C)CC1)C2. The summed E-state index contributed by atoms with van der Waals surface area (Å²) >= 11 is 0. The molecule has 0 N–H and O–H groups in total. The van der Waals surface area contributed by atoms with Crippen LogP contribution >= 0.6 is 0 Å². The van der Waals surface area contributed by atoms with Crippen LogP contribution in [-0.4, -0.2) is 60.1 Å². The number of carbonyl (C=O) groups excluding carboxylic acids is 2. The molecule has 2 aliphatic rings. The van der Waals surface area contributed by atoms with Crippen LogP contribution in [0.25, 0.3) is 0 Å². The summed E-state index contributed by atoms with van der Waals surface area (Å²) in [7, 11) is 2.14. The lowest BCUT2D eigenvalue weighted by Gasteiger charge is -2.41. The molecule has 0 bridgehead atoms. The van der Waals surface area contributed by atoms with Crippen LogP contribution in [-0.2, 0) is 32.0 Å². The van der Waals surface area contributed by atoms with Crippen LogP contribution in [0.2, 0.25) is 0 Å². The first-order valence-corrected chi connectivity index (χ1v) is 11.9. The Hall–Kier alpha value is -1.92. The molecule has 178 valence electrons. The van der Waals surface area contributed by atoms with Crippen molar-refractivity contribution in [2.24, 2.45) is 0 Å². The smallest absolute Gasteiger partial charge is 0.339 e. The maximum atomic E-state index is 13.2. The standard InChI is InChI=1S/C26H40N2O4/c1-9-31-25(30)24(32-26(5,6)7)23-17(3)16(2)21-15-28(19-10-12-27(8)13-11-19)22(29)14-20(21)18(23)4/h19,24H,9-15H2,1-8H3/t24-/m0/s1. The van der Waals surface area contributed by atoms with Crippen molar-refractivity contribution in [3.8, 4) is 0 Å². The number of hydrogen-bond donors (Lipinski definition) is 0. The Bertz CT molecular complexity index is 879. The number of amides is 1. The third kappa shape index (κ3) is 5.01. The molecule has 2 aliphatic heterocycles. The molecule has 0 radical (unpaired) electrons. The van der Waals surface area contributed by atoms with E-state index in [2.05, 4.69) is 30.7 Å². The van der Waals surface area contributed by atoms with Gasteiger partial charge in [0, 0.05) is 12.6 Å². The third-order valence-corrected chi connectivity index (χ3v) is 6.98. The molecule has 1 aromatic carbocycles. The van der Waals surface area contributed by atoms with Crippen molar-refractivity contribution in [2.45, 2.75) is 92.0 Å². The Kier molecular flexibility index (Phi) is 7.35. The molecule has 2 heterocycles. The van der Waals surface area contributed by atoms with Gasteiger partial charge >= 0.3 is 5.97 Å². The van der Waals surface area contributed by atoms with Crippen molar-refractivity contribution < 1.29 is 19.1 Å². The van der Waals surface area contributed by atoms with Gasteiger partial charge in [0.15, 0.2) is 6.10 Å². The van der Waals surface area contributed by atoms with Crippen molar-refractivity contribution in [2.75, 3.05) is 26.7 Å². The Balaban J connectivity index is 2.02. The molecule has 0 aromatic heterocycles. The van der Waals surface area contributed by atoms with Crippen LogP contribution in [0.3, 0.4) is 0 Å². The zero-order valence-electron chi connectivity index (χ0n) is 21.1. The summed E-state index contributed by atoms with van der Waals surface area (Å²) in [5.41, 5.74) is 5.83. The molecule has 0 aliphatic carbocycles. The van der Waals surface area contributed by atoms with Gasteiger partial charge in [-0.15, -0.1) is 0 Å². The molecule has 0 saturated carbocycles. The van der Waals surface area contributed by atoms with Gasteiger partial charge in [-0.3, -0.25) is 4.79 Å². The first-order valence-electron chi connectivity index (χ1n) is 11.9. The first-order chi connectivity index (χ1) is 14.9. The number of hydrogen-bond acceptors (Lipinski definition) is 5. The number of piperidine rings is 1. The highest BCUT2D eigenvalue weighted by atomic mass is 16.6. The molecule has 1 amide bonds. The second-order valence-corrected chi connectivity index (χ2v) is 10.3. The van der Waals surface area contributed by atoms with Crippen molar-refractivity contribution in [3.63, 3.8) is 0 Å². The van der Waals surface area contributed by atoms with Gasteiger partial charge in [-0.25, -0.2) is 4.79 Å². The van der Waals surface area contributed by atoms with E-state index >= 15 is 0 Å². The minimum absolute atomic E-state index is 0.189. The van der Waals surface area contributed by atoms with E-state index in [1.807, 2.05) is 27.7 Å². The summed E-state index contributed by atoms with van der Waals surface area (Å²) in [6, 6.07) is 0.308. The summed E-state index contributed by atoms with van der Waals surface area (Å²) in [6.45, 7) is 16.8. The molecule has 1 atom stereocenters. The van der Waals surface area contributed by atoms with Crippen LogP contribution in [0.15, 0.2) is 0 Å². The predicted molar refractivity (Wildman–Crippen MR) is 126 cm³/mol. The maximum Gasteiger partial charge on any atom is 0.339 e. The fraction of sp³-hybridized carbons (Fsp3) is 0.692. The number of carbonyl (C=O) groups is 2. The van der Waals surface area contributed by atoms with Crippen molar-refractivity contribution >= 4 is 11.9 Å². The van der Waals surface area contributed by atoms with E-state index < -0.39 is 11.7 Å². The molecular weight excluding hydrogens is 404 g/mol. The van der Waals surface area contributed by atoms with Crippen LogP contribution in [0.5, 0.6) is 0 Å². The number of fused-ring (bicyclic) bond motifs is 1. The summed E-state index contributed by atoms with van der Waals surface area (Å²) in [4.78, 5) is 30.6. The lowest BCUT2D eigenvalue weighted by molar-refractivity contribution is -0.167. The third-order valence-electron chi connectivity index (χ3n) is 6.98. The van der Waals surface area contributed by atoms with Crippen molar-refractivity contribution in [1.82, 2.24) is 9.80 Å². The van der Waals surface area contributed by atoms with E-state index in [4.69, 9.17) is 9.47 Å². The van der Waals surface area contributed by atoms with Gasteiger partial charge in [-0.05, 0) is 115 Å². The summed E-state index contributed by atoms with van der Waals surface area (Å²) in [6.07, 6.45) is 1.63. The van der Waals surface area contributed by atoms with Gasteiger partial charge in [0.25, 0.3) is 0 Å². The van der Waals surface area contributed by atoms with Crippen LogP contribution < -0.4 is 0 Å². The van der Waals surface area contributed by atoms with Crippen LogP contribution in [0, 0.1) is 20.8 Å². The average molecular weight is 445 g/mol. The van der Waals surface area contributed by atoms with Gasteiger partial charge in [0.1, 0.15) is 0 Å². The minimum atomic E-state index is -0.805. The van der Waals surface area contributed by atoms with Crippen molar-refractivity contribution in [1.29, 1.82) is 0 Å². The molecule has 0 spiro atoms. The fourth-order valence-corrected chi connectivity index (χ4v) is 5.12.